The number of hydrogen-bond acceptors (Lipinski definition) is 5. The molecule has 3 heterocycles. The third-order valence-electron chi connectivity index (χ3n) is 4.60. The van der Waals surface area contributed by atoms with Gasteiger partial charge in [0, 0.05) is 55.1 Å². The van der Waals surface area contributed by atoms with Crippen LogP contribution in [0.1, 0.15) is 10.4 Å². The maximum atomic E-state index is 13.3. The highest BCUT2D eigenvalue weighted by atomic mass is 32.1. The number of rotatable bonds is 3. The predicted octanol–water partition coefficient (Wildman–Crippen LogP) is 3.33. The van der Waals surface area contributed by atoms with Gasteiger partial charge in [0.15, 0.2) is 5.13 Å². The number of aromatic nitrogens is 2. The fraction of sp³-hybridized carbons (Fsp3) is 0.200. The number of benzene rings is 1. The average molecular weight is 411 g/mol. The fourth-order valence-electron chi connectivity index (χ4n) is 3.07. The molecule has 29 heavy (non-hydrogen) atoms. The first kappa shape index (κ1) is 19.0. The van der Waals surface area contributed by atoms with Gasteiger partial charge >= 0.3 is 6.03 Å². The van der Waals surface area contributed by atoms with Crippen LogP contribution in [-0.2, 0) is 0 Å². The monoisotopic (exact) mass is 411 g/mol. The summed E-state index contributed by atoms with van der Waals surface area (Å²) >= 11 is 1.34. The number of nitrogens with zero attached hydrogens (tertiary/aromatic N) is 4. The van der Waals surface area contributed by atoms with Gasteiger partial charge in [0.1, 0.15) is 5.82 Å². The number of pyridine rings is 1. The lowest BCUT2D eigenvalue weighted by molar-refractivity contribution is 0.0671. The molecule has 0 radical (unpaired) electrons. The number of carbonyl (C=O) groups excluding carboxylic acids is 2. The molecule has 0 atom stereocenters. The van der Waals surface area contributed by atoms with Crippen molar-refractivity contribution >= 4 is 28.4 Å². The van der Waals surface area contributed by atoms with E-state index in [1.165, 1.54) is 29.5 Å². The largest absolute Gasteiger partial charge is 0.335 e. The van der Waals surface area contributed by atoms with Crippen molar-refractivity contribution < 1.29 is 14.0 Å². The van der Waals surface area contributed by atoms with Crippen LogP contribution >= 0.6 is 11.3 Å². The summed E-state index contributed by atoms with van der Waals surface area (Å²) in [4.78, 5) is 36.8. The van der Waals surface area contributed by atoms with E-state index < -0.39 is 5.82 Å². The summed E-state index contributed by atoms with van der Waals surface area (Å²) in [7, 11) is 0. The Kier molecular flexibility index (Phi) is 5.48. The normalized spacial score (nSPS) is 14.0. The number of halogens is 1. The summed E-state index contributed by atoms with van der Waals surface area (Å²) < 4.78 is 13.3. The number of piperazine rings is 1. The lowest BCUT2D eigenvalue weighted by Crippen LogP contribution is -2.51. The molecular formula is C20H18FN5O2S. The molecule has 4 rings (SSSR count). The van der Waals surface area contributed by atoms with Crippen LogP contribution in [-0.4, -0.2) is 57.9 Å². The van der Waals surface area contributed by atoms with Crippen LogP contribution in [0.15, 0.2) is 54.2 Å². The molecule has 1 saturated heterocycles. The lowest BCUT2D eigenvalue weighted by atomic mass is 10.2. The van der Waals surface area contributed by atoms with Crippen molar-refractivity contribution in [1.82, 2.24) is 19.8 Å². The van der Waals surface area contributed by atoms with E-state index in [1.807, 2.05) is 17.5 Å². The van der Waals surface area contributed by atoms with Crippen LogP contribution in [0.4, 0.5) is 14.3 Å². The van der Waals surface area contributed by atoms with Crippen LogP contribution in [0.3, 0.4) is 0 Å². The summed E-state index contributed by atoms with van der Waals surface area (Å²) in [5, 5.41) is 5.18. The predicted molar refractivity (Wildman–Crippen MR) is 108 cm³/mol. The molecule has 1 N–H and O–H groups in total. The Bertz CT molecular complexity index is 1020. The van der Waals surface area contributed by atoms with Crippen molar-refractivity contribution in [3.8, 4) is 11.3 Å². The van der Waals surface area contributed by atoms with Gasteiger partial charge in [-0.2, -0.15) is 0 Å². The zero-order valence-corrected chi connectivity index (χ0v) is 16.2. The van der Waals surface area contributed by atoms with E-state index in [9.17, 15) is 14.0 Å². The average Bonchev–Trinajstić information content (AvgIpc) is 3.22. The van der Waals surface area contributed by atoms with E-state index in [0.29, 0.717) is 36.9 Å². The van der Waals surface area contributed by atoms with Crippen LogP contribution in [0.25, 0.3) is 11.3 Å². The number of urea groups is 1. The molecule has 1 aliphatic heterocycles. The van der Waals surface area contributed by atoms with E-state index in [0.717, 1.165) is 11.3 Å². The Morgan fingerprint density at radius 3 is 2.59 bits per heavy atom. The Balaban J connectivity index is 1.32. The molecule has 7 nitrogen and oxygen atoms in total. The first-order valence-electron chi connectivity index (χ1n) is 9.07. The van der Waals surface area contributed by atoms with Gasteiger partial charge in [-0.1, -0.05) is 6.07 Å². The van der Waals surface area contributed by atoms with Crippen molar-refractivity contribution in [3.05, 3.63) is 65.6 Å². The summed E-state index contributed by atoms with van der Waals surface area (Å²) in [5.41, 5.74) is 1.95. The van der Waals surface area contributed by atoms with Gasteiger partial charge < -0.3 is 9.80 Å². The smallest absolute Gasteiger partial charge is 0.323 e. The van der Waals surface area contributed by atoms with Crippen molar-refractivity contribution in [2.75, 3.05) is 31.5 Å². The van der Waals surface area contributed by atoms with E-state index >= 15 is 0 Å². The first-order chi connectivity index (χ1) is 14.1. The van der Waals surface area contributed by atoms with E-state index in [-0.39, 0.29) is 11.9 Å². The minimum absolute atomic E-state index is 0.231. The van der Waals surface area contributed by atoms with E-state index in [1.54, 1.807) is 28.3 Å². The minimum atomic E-state index is -0.442. The summed E-state index contributed by atoms with van der Waals surface area (Å²) in [5.74, 6) is -0.673. The number of carbonyl (C=O) groups is 2. The fourth-order valence-corrected chi connectivity index (χ4v) is 3.77. The third kappa shape index (κ3) is 4.40. The van der Waals surface area contributed by atoms with Gasteiger partial charge in [-0.05, 0) is 30.3 Å². The Morgan fingerprint density at radius 2 is 1.86 bits per heavy atom. The zero-order chi connectivity index (χ0) is 20.2. The van der Waals surface area contributed by atoms with Gasteiger partial charge in [0.25, 0.3) is 5.91 Å². The van der Waals surface area contributed by atoms with Gasteiger partial charge in [0.05, 0.1) is 5.69 Å². The molecular weight excluding hydrogens is 393 g/mol. The molecule has 0 unspecified atom stereocenters. The lowest BCUT2D eigenvalue weighted by Gasteiger charge is -2.34. The van der Waals surface area contributed by atoms with Crippen LogP contribution in [0.2, 0.25) is 0 Å². The zero-order valence-electron chi connectivity index (χ0n) is 15.4. The molecule has 0 spiro atoms. The molecule has 1 fully saturated rings. The molecule has 0 saturated carbocycles. The van der Waals surface area contributed by atoms with Crippen molar-refractivity contribution in [2.24, 2.45) is 0 Å². The topological polar surface area (TPSA) is 78.4 Å². The molecule has 1 aromatic carbocycles. The Hall–Kier alpha value is -3.33. The first-order valence-corrected chi connectivity index (χ1v) is 9.95. The number of anilines is 1. The molecule has 2 aromatic heterocycles. The number of nitrogens with one attached hydrogen (secondary N) is 1. The molecule has 1 aliphatic rings. The van der Waals surface area contributed by atoms with Gasteiger partial charge in [-0.25, -0.2) is 14.2 Å². The molecule has 3 aromatic rings. The van der Waals surface area contributed by atoms with Crippen LogP contribution in [0.5, 0.6) is 0 Å². The highest BCUT2D eigenvalue weighted by Crippen LogP contribution is 2.24. The van der Waals surface area contributed by atoms with Gasteiger partial charge in [-0.15, -0.1) is 11.3 Å². The second kappa shape index (κ2) is 8.36. The second-order valence-electron chi connectivity index (χ2n) is 6.50. The maximum Gasteiger partial charge on any atom is 0.323 e. The summed E-state index contributed by atoms with van der Waals surface area (Å²) in [6.07, 6.45) is 3.41. The Labute approximate surface area is 170 Å². The molecule has 148 valence electrons. The van der Waals surface area contributed by atoms with Crippen molar-refractivity contribution in [1.29, 1.82) is 0 Å². The highest BCUT2D eigenvalue weighted by Gasteiger charge is 2.25. The van der Waals surface area contributed by atoms with Crippen molar-refractivity contribution in [3.63, 3.8) is 0 Å². The summed E-state index contributed by atoms with van der Waals surface area (Å²) in [6, 6.07) is 9.11. The third-order valence-corrected chi connectivity index (χ3v) is 5.36. The summed E-state index contributed by atoms with van der Waals surface area (Å²) in [6.45, 7) is 1.57. The number of hydrogen-bond donors (Lipinski definition) is 1. The molecule has 0 aliphatic carbocycles. The quantitative estimate of drug-likeness (QED) is 0.717. The van der Waals surface area contributed by atoms with Crippen LogP contribution < -0.4 is 5.32 Å². The van der Waals surface area contributed by atoms with E-state index in [4.69, 9.17) is 0 Å². The van der Waals surface area contributed by atoms with Crippen LogP contribution in [0, 0.1) is 5.82 Å². The SMILES string of the molecule is O=C(Nc1nc(-c2cccnc2)cs1)N1CCN(C(=O)c2cccc(F)c2)CC1. The highest BCUT2D eigenvalue weighted by molar-refractivity contribution is 7.14. The standard InChI is InChI=1S/C20H18FN5O2S/c21-16-5-1-3-14(11-16)18(27)25-7-9-26(10-8-25)20(28)24-19-23-17(13-29-19)15-4-2-6-22-12-15/h1-6,11-13H,7-10H2,(H,23,24,28). The van der Waals surface area contributed by atoms with Gasteiger partial charge in [-0.3, -0.25) is 15.1 Å². The molecule has 3 amide bonds. The van der Waals surface area contributed by atoms with E-state index in [2.05, 4.69) is 15.3 Å². The minimum Gasteiger partial charge on any atom is -0.335 e. The number of amides is 3. The molecule has 9 heteroatoms. The second-order valence-corrected chi connectivity index (χ2v) is 7.36. The number of thiazole rings is 1. The molecule has 0 bridgehead atoms. The Morgan fingerprint density at radius 1 is 1.07 bits per heavy atom. The maximum absolute atomic E-state index is 13.3. The van der Waals surface area contributed by atoms with Crippen molar-refractivity contribution in [2.45, 2.75) is 0 Å². The van der Waals surface area contributed by atoms with Gasteiger partial charge in [0.2, 0.25) is 0 Å².